The number of ether oxygens (including phenoxy) is 1. The van der Waals surface area contributed by atoms with Crippen molar-refractivity contribution in [3.05, 3.63) is 83.6 Å². The van der Waals surface area contributed by atoms with E-state index in [2.05, 4.69) is 4.98 Å². The van der Waals surface area contributed by atoms with E-state index in [-0.39, 0.29) is 6.61 Å². The Bertz CT molecular complexity index is 902. The van der Waals surface area contributed by atoms with Gasteiger partial charge in [-0.2, -0.15) is 0 Å². The molecule has 0 radical (unpaired) electrons. The summed E-state index contributed by atoms with van der Waals surface area (Å²) in [7, 11) is 0. The highest BCUT2D eigenvalue weighted by molar-refractivity contribution is 5.61. The molecule has 0 spiro atoms. The molecule has 0 aliphatic heterocycles. The maximum atomic E-state index is 10.6. The molecular formula is C24H27NO3. The number of rotatable bonds is 8. The Morgan fingerprint density at radius 3 is 2.36 bits per heavy atom. The highest BCUT2D eigenvalue weighted by Crippen LogP contribution is 2.30. The molecule has 0 saturated heterocycles. The predicted octanol–water partition coefficient (Wildman–Crippen LogP) is 4.83. The largest absolute Gasteiger partial charge is 0.489 e. The lowest BCUT2D eigenvalue weighted by atomic mass is 9.89. The normalized spacial score (nSPS) is 11.4. The Kier molecular flexibility index (Phi) is 6.45. The van der Waals surface area contributed by atoms with Gasteiger partial charge in [0.25, 0.3) is 0 Å². The van der Waals surface area contributed by atoms with Crippen LogP contribution in [0.1, 0.15) is 43.4 Å². The van der Waals surface area contributed by atoms with Gasteiger partial charge in [0.1, 0.15) is 12.4 Å². The molecule has 3 rings (SSSR count). The number of pyridine rings is 1. The topological polar surface area (TPSA) is 62.6 Å². The van der Waals surface area contributed by atoms with Crippen LogP contribution in [0.2, 0.25) is 0 Å². The lowest BCUT2D eigenvalue weighted by molar-refractivity contribution is 0.0281. The molecule has 4 heteroatoms. The zero-order valence-electron chi connectivity index (χ0n) is 16.4. The smallest absolute Gasteiger partial charge is 0.120 e. The zero-order valence-corrected chi connectivity index (χ0v) is 16.4. The third-order valence-corrected chi connectivity index (χ3v) is 5.18. The molecule has 28 heavy (non-hydrogen) atoms. The van der Waals surface area contributed by atoms with E-state index in [0.29, 0.717) is 19.4 Å². The van der Waals surface area contributed by atoms with Gasteiger partial charge < -0.3 is 14.9 Å². The van der Waals surface area contributed by atoms with Crippen molar-refractivity contribution in [2.45, 2.75) is 45.5 Å². The minimum atomic E-state index is -0.820. The molecule has 0 saturated carbocycles. The van der Waals surface area contributed by atoms with Crippen molar-refractivity contribution < 1.29 is 14.9 Å². The summed E-state index contributed by atoms with van der Waals surface area (Å²) >= 11 is 0. The second kappa shape index (κ2) is 9.00. The van der Waals surface area contributed by atoms with Gasteiger partial charge in [0.2, 0.25) is 0 Å². The molecule has 0 unspecified atom stereocenters. The molecule has 0 bridgehead atoms. The van der Waals surface area contributed by atoms with Gasteiger partial charge in [-0.05, 0) is 42.2 Å². The van der Waals surface area contributed by atoms with E-state index in [1.165, 1.54) is 0 Å². The Labute approximate surface area is 166 Å². The van der Waals surface area contributed by atoms with E-state index in [1.54, 1.807) is 6.20 Å². The average molecular weight is 377 g/mol. The van der Waals surface area contributed by atoms with Crippen molar-refractivity contribution >= 4 is 0 Å². The van der Waals surface area contributed by atoms with Crippen LogP contribution >= 0.6 is 0 Å². The highest BCUT2D eigenvalue weighted by atomic mass is 16.5. The van der Waals surface area contributed by atoms with Crippen molar-refractivity contribution in [1.29, 1.82) is 0 Å². The first kappa shape index (κ1) is 20.1. The molecule has 1 heterocycles. The van der Waals surface area contributed by atoms with Crippen molar-refractivity contribution in [1.82, 2.24) is 4.98 Å². The van der Waals surface area contributed by atoms with Gasteiger partial charge >= 0.3 is 0 Å². The quantitative estimate of drug-likeness (QED) is 0.590. The Balaban J connectivity index is 1.74. The second-order valence-corrected chi connectivity index (χ2v) is 6.97. The fourth-order valence-corrected chi connectivity index (χ4v) is 3.23. The number of aliphatic hydroxyl groups is 2. The average Bonchev–Trinajstić information content (AvgIpc) is 2.77. The van der Waals surface area contributed by atoms with Gasteiger partial charge in [0.15, 0.2) is 0 Å². The summed E-state index contributed by atoms with van der Waals surface area (Å²) in [4.78, 5) is 4.55. The molecule has 4 nitrogen and oxygen atoms in total. The van der Waals surface area contributed by atoms with Crippen molar-refractivity contribution in [3.63, 3.8) is 0 Å². The van der Waals surface area contributed by atoms with Crippen molar-refractivity contribution in [2.24, 2.45) is 0 Å². The molecule has 2 aromatic carbocycles. The van der Waals surface area contributed by atoms with Crippen LogP contribution in [0.4, 0.5) is 0 Å². The number of hydrogen-bond donors (Lipinski definition) is 2. The van der Waals surface area contributed by atoms with Crippen LogP contribution in [-0.4, -0.2) is 15.2 Å². The van der Waals surface area contributed by atoms with Crippen LogP contribution in [0.3, 0.4) is 0 Å². The fraction of sp³-hybridized carbons (Fsp3) is 0.292. The van der Waals surface area contributed by atoms with Gasteiger partial charge in [0.05, 0.1) is 17.9 Å². The Morgan fingerprint density at radius 2 is 1.68 bits per heavy atom. The van der Waals surface area contributed by atoms with Crippen LogP contribution in [0.5, 0.6) is 5.75 Å². The molecule has 2 N–H and O–H groups in total. The summed E-state index contributed by atoms with van der Waals surface area (Å²) < 4.78 is 5.92. The summed E-state index contributed by atoms with van der Waals surface area (Å²) in [5.74, 6) is 0.761. The first-order valence-electron chi connectivity index (χ1n) is 9.68. The van der Waals surface area contributed by atoms with E-state index < -0.39 is 5.60 Å². The van der Waals surface area contributed by atoms with E-state index in [1.807, 2.05) is 74.5 Å². The molecule has 1 aromatic heterocycles. The predicted molar refractivity (Wildman–Crippen MR) is 111 cm³/mol. The first-order valence-corrected chi connectivity index (χ1v) is 9.68. The second-order valence-electron chi connectivity index (χ2n) is 6.97. The van der Waals surface area contributed by atoms with Crippen LogP contribution in [-0.2, 0) is 18.8 Å². The maximum Gasteiger partial charge on any atom is 0.120 e. The van der Waals surface area contributed by atoms with E-state index >= 15 is 0 Å². The van der Waals surface area contributed by atoms with Gasteiger partial charge in [-0.15, -0.1) is 0 Å². The monoisotopic (exact) mass is 377 g/mol. The summed E-state index contributed by atoms with van der Waals surface area (Å²) in [6.45, 7) is 4.42. The minimum absolute atomic E-state index is 0.0240. The van der Waals surface area contributed by atoms with Gasteiger partial charge in [-0.3, -0.25) is 4.98 Å². The molecule has 0 aliphatic carbocycles. The lowest BCUT2D eigenvalue weighted by Crippen LogP contribution is -2.23. The maximum absolute atomic E-state index is 10.6. The summed E-state index contributed by atoms with van der Waals surface area (Å²) in [5, 5.41) is 19.9. The zero-order chi connectivity index (χ0) is 20.0. The summed E-state index contributed by atoms with van der Waals surface area (Å²) in [6, 6.07) is 19.4. The van der Waals surface area contributed by atoms with Gasteiger partial charge in [0, 0.05) is 17.3 Å². The SMILES string of the molecule is CCC(O)(CC)c1ccc(-c2cccc(OCc3cccc(CO)c3)c2)nc1. The minimum Gasteiger partial charge on any atom is -0.489 e. The molecule has 0 atom stereocenters. The summed E-state index contributed by atoms with van der Waals surface area (Å²) in [6.07, 6.45) is 3.08. The standard InChI is InChI=1S/C24H27NO3/c1-3-24(27,4-2)21-11-12-23(25-15-21)20-9-6-10-22(14-20)28-17-19-8-5-7-18(13-19)16-26/h5-15,26-27H,3-4,16-17H2,1-2H3. The van der Waals surface area contributed by atoms with Crippen LogP contribution < -0.4 is 4.74 Å². The first-order chi connectivity index (χ1) is 13.6. The van der Waals surface area contributed by atoms with E-state index in [4.69, 9.17) is 4.74 Å². The molecule has 146 valence electrons. The number of hydrogen-bond acceptors (Lipinski definition) is 4. The Hall–Kier alpha value is -2.69. The van der Waals surface area contributed by atoms with Crippen LogP contribution in [0.15, 0.2) is 66.9 Å². The third kappa shape index (κ3) is 4.58. The number of aliphatic hydroxyl groups excluding tert-OH is 1. The van der Waals surface area contributed by atoms with Gasteiger partial charge in [-0.1, -0.05) is 56.3 Å². The summed E-state index contributed by atoms with van der Waals surface area (Å²) in [5.41, 5.74) is 3.71. The number of nitrogens with zero attached hydrogens (tertiary/aromatic N) is 1. The fourth-order valence-electron chi connectivity index (χ4n) is 3.23. The van der Waals surface area contributed by atoms with E-state index in [9.17, 15) is 10.2 Å². The van der Waals surface area contributed by atoms with Gasteiger partial charge in [-0.25, -0.2) is 0 Å². The number of aromatic nitrogens is 1. The van der Waals surface area contributed by atoms with Crippen molar-refractivity contribution in [3.8, 4) is 17.0 Å². The number of benzene rings is 2. The van der Waals surface area contributed by atoms with Crippen molar-refractivity contribution in [2.75, 3.05) is 0 Å². The molecule has 0 aliphatic rings. The Morgan fingerprint density at radius 1 is 0.929 bits per heavy atom. The van der Waals surface area contributed by atoms with Crippen LogP contribution in [0.25, 0.3) is 11.3 Å². The van der Waals surface area contributed by atoms with Crippen LogP contribution in [0, 0.1) is 0 Å². The highest BCUT2D eigenvalue weighted by Gasteiger charge is 2.24. The molecule has 0 amide bonds. The lowest BCUT2D eigenvalue weighted by Gasteiger charge is -2.25. The third-order valence-electron chi connectivity index (χ3n) is 5.18. The molecule has 3 aromatic rings. The van der Waals surface area contributed by atoms with E-state index in [0.717, 1.165) is 33.7 Å². The molecular weight excluding hydrogens is 350 g/mol. The molecule has 0 fully saturated rings.